The quantitative estimate of drug-likeness (QED) is 0.775. The van der Waals surface area contributed by atoms with Crippen molar-refractivity contribution in [3.8, 4) is 0 Å². The molecule has 6 heteroatoms. The molecule has 2 N–H and O–H groups in total. The molecule has 0 aromatic rings. The Morgan fingerprint density at radius 3 is 2.72 bits per heavy atom. The van der Waals surface area contributed by atoms with Crippen molar-refractivity contribution in [3.05, 3.63) is 0 Å². The van der Waals surface area contributed by atoms with E-state index >= 15 is 0 Å². The highest BCUT2D eigenvalue weighted by Crippen LogP contribution is 2.15. The highest BCUT2D eigenvalue weighted by Gasteiger charge is 2.34. The van der Waals surface area contributed by atoms with Gasteiger partial charge in [0.05, 0.1) is 0 Å². The molecule has 2 aliphatic heterocycles. The van der Waals surface area contributed by atoms with Gasteiger partial charge in [-0.05, 0) is 25.8 Å². The number of halogens is 1. The third-order valence-corrected chi connectivity index (χ3v) is 3.52. The van der Waals surface area contributed by atoms with Gasteiger partial charge in [0.15, 0.2) is 0 Å². The van der Waals surface area contributed by atoms with E-state index in [0.29, 0.717) is 18.9 Å². The van der Waals surface area contributed by atoms with E-state index in [1.807, 2.05) is 4.90 Å². The van der Waals surface area contributed by atoms with E-state index in [1.54, 1.807) is 0 Å². The molecule has 2 amide bonds. The molecule has 5 nitrogen and oxygen atoms in total. The topological polar surface area (TPSA) is 61.4 Å². The third kappa shape index (κ3) is 3.36. The van der Waals surface area contributed by atoms with Crippen molar-refractivity contribution < 1.29 is 9.59 Å². The van der Waals surface area contributed by atoms with Gasteiger partial charge in [-0.1, -0.05) is 6.92 Å². The van der Waals surface area contributed by atoms with Crippen LogP contribution in [0.2, 0.25) is 0 Å². The fraction of sp³-hybridized carbons (Fsp3) is 0.833. The summed E-state index contributed by atoms with van der Waals surface area (Å²) in [5, 5.41) is 6.05. The van der Waals surface area contributed by atoms with Crippen LogP contribution in [-0.4, -0.2) is 48.4 Å². The minimum absolute atomic E-state index is 0. The van der Waals surface area contributed by atoms with Gasteiger partial charge in [-0.15, -0.1) is 12.4 Å². The number of hydrogen-bond donors (Lipinski definition) is 2. The van der Waals surface area contributed by atoms with Gasteiger partial charge in [0, 0.05) is 25.6 Å². The largest absolute Gasteiger partial charge is 0.344 e. The van der Waals surface area contributed by atoms with Crippen molar-refractivity contribution in [3.63, 3.8) is 0 Å². The lowest BCUT2D eigenvalue weighted by Gasteiger charge is -2.30. The second-order valence-corrected chi connectivity index (χ2v) is 4.84. The van der Waals surface area contributed by atoms with E-state index in [2.05, 4.69) is 17.6 Å². The van der Waals surface area contributed by atoms with E-state index in [1.165, 1.54) is 0 Å². The molecular weight excluding hydrogens is 254 g/mol. The smallest absolute Gasteiger partial charge is 0.245 e. The molecule has 104 valence electrons. The molecule has 2 aliphatic rings. The van der Waals surface area contributed by atoms with Crippen molar-refractivity contribution in [2.45, 2.75) is 44.7 Å². The summed E-state index contributed by atoms with van der Waals surface area (Å²) < 4.78 is 0. The SMILES string of the molecule is CCCN(C(=O)C1CCC(=O)N1)C1CCNC1.Cl. The monoisotopic (exact) mass is 275 g/mol. The molecule has 0 aliphatic carbocycles. The number of rotatable bonds is 4. The zero-order chi connectivity index (χ0) is 12.3. The van der Waals surface area contributed by atoms with Crippen LogP contribution in [0.4, 0.5) is 0 Å². The molecule has 0 bridgehead atoms. The van der Waals surface area contributed by atoms with Crippen molar-refractivity contribution in [1.29, 1.82) is 0 Å². The zero-order valence-corrected chi connectivity index (χ0v) is 11.6. The summed E-state index contributed by atoms with van der Waals surface area (Å²) in [6.07, 6.45) is 3.12. The molecule has 0 aromatic heterocycles. The lowest BCUT2D eigenvalue weighted by atomic mass is 10.1. The van der Waals surface area contributed by atoms with Gasteiger partial charge < -0.3 is 15.5 Å². The Bertz CT molecular complexity index is 306. The van der Waals surface area contributed by atoms with Gasteiger partial charge in [0.2, 0.25) is 11.8 Å². The maximum absolute atomic E-state index is 12.4. The predicted octanol–water partition coefficient (Wildman–Crippen LogP) is 0.287. The predicted molar refractivity (Wildman–Crippen MR) is 71.7 cm³/mol. The normalized spacial score (nSPS) is 26.6. The molecule has 0 aromatic carbocycles. The summed E-state index contributed by atoms with van der Waals surface area (Å²) in [6, 6.07) is 0.0228. The highest BCUT2D eigenvalue weighted by molar-refractivity contribution is 5.91. The second-order valence-electron chi connectivity index (χ2n) is 4.84. The molecule has 2 unspecified atom stereocenters. The highest BCUT2D eigenvalue weighted by atomic mass is 35.5. The van der Waals surface area contributed by atoms with Crippen LogP contribution in [-0.2, 0) is 9.59 Å². The van der Waals surface area contributed by atoms with Gasteiger partial charge in [-0.3, -0.25) is 9.59 Å². The Morgan fingerprint density at radius 1 is 1.44 bits per heavy atom. The van der Waals surface area contributed by atoms with Gasteiger partial charge in [-0.25, -0.2) is 0 Å². The van der Waals surface area contributed by atoms with Crippen LogP contribution in [0.1, 0.15) is 32.6 Å². The van der Waals surface area contributed by atoms with Gasteiger partial charge in [0.25, 0.3) is 0 Å². The summed E-state index contributed by atoms with van der Waals surface area (Å²) in [5.41, 5.74) is 0. The first-order chi connectivity index (χ1) is 8.22. The Balaban J connectivity index is 0.00000162. The summed E-state index contributed by atoms with van der Waals surface area (Å²) in [7, 11) is 0. The summed E-state index contributed by atoms with van der Waals surface area (Å²) in [4.78, 5) is 25.5. The molecule has 0 saturated carbocycles. The van der Waals surface area contributed by atoms with E-state index in [-0.39, 0.29) is 30.3 Å². The minimum atomic E-state index is -0.283. The van der Waals surface area contributed by atoms with E-state index in [0.717, 1.165) is 32.5 Å². The molecule has 0 radical (unpaired) electrons. The van der Waals surface area contributed by atoms with Gasteiger partial charge in [-0.2, -0.15) is 0 Å². The lowest BCUT2D eigenvalue weighted by Crippen LogP contribution is -2.50. The Kier molecular flexibility index (Phi) is 5.88. The molecular formula is C12H22ClN3O2. The van der Waals surface area contributed by atoms with Crippen molar-refractivity contribution in [2.75, 3.05) is 19.6 Å². The van der Waals surface area contributed by atoms with Crippen LogP contribution >= 0.6 is 12.4 Å². The standard InChI is InChI=1S/C12H21N3O2.ClH/c1-2-7-15(9-5-6-13-8-9)12(17)10-3-4-11(16)14-10;/h9-10,13H,2-8H2,1H3,(H,14,16);1H. The van der Waals surface area contributed by atoms with E-state index in [4.69, 9.17) is 0 Å². The van der Waals surface area contributed by atoms with Crippen LogP contribution in [0, 0.1) is 0 Å². The van der Waals surface area contributed by atoms with Gasteiger partial charge in [0.1, 0.15) is 6.04 Å². The average Bonchev–Trinajstić information content (AvgIpc) is 2.95. The van der Waals surface area contributed by atoms with Crippen molar-refractivity contribution in [1.82, 2.24) is 15.5 Å². The molecule has 2 saturated heterocycles. The maximum Gasteiger partial charge on any atom is 0.245 e. The summed E-state index contributed by atoms with van der Waals surface area (Å²) in [5.74, 6) is 0.107. The molecule has 2 fully saturated rings. The summed E-state index contributed by atoms with van der Waals surface area (Å²) >= 11 is 0. The van der Waals surface area contributed by atoms with Crippen molar-refractivity contribution >= 4 is 24.2 Å². The number of carbonyl (C=O) groups is 2. The zero-order valence-electron chi connectivity index (χ0n) is 10.8. The van der Waals surface area contributed by atoms with Crippen LogP contribution in [0.5, 0.6) is 0 Å². The molecule has 2 rings (SSSR count). The number of nitrogens with zero attached hydrogens (tertiary/aromatic N) is 1. The fourth-order valence-corrected chi connectivity index (χ4v) is 2.62. The average molecular weight is 276 g/mol. The lowest BCUT2D eigenvalue weighted by molar-refractivity contribution is -0.136. The molecule has 2 atom stereocenters. The summed E-state index contributed by atoms with van der Waals surface area (Å²) in [6.45, 7) is 4.73. The Morgan fingerprint density at radius 2 is 2.22 bits per heavy atom. The maximum atomic E-state index is 12.4. The Hall–Kier alpha value is -0.810. The number of carbonyl (C=O) groups excluding carboxylic acids is 2. The molecule has 18 heavy (non-hydrogen) atoms. The first-order valence-electron chi connectivity index (χ1n) is 6.53. The van der Waals surface area contributed by atoms with Crippen molar-refractivity contribution in [2.24, 2.45) is 0 Å². The third-order valence-electron chi connectivity index (χ3n) is 3.52. The number of hydrogen-bond acceptors (Lipinski definition) is 3. The van der Waals surface area contributed by atoms with E-state index < -0.39 is 0 Å². The van der Waals surface area contributed by atoms with Gasteiger partial charge >= 0.3 is 0 Å². The number of nitrogens with one attached hydrogen (secondary N) is 2. The van der Waals surface area contributed by atoms with Crippen LogP contribution in [0.3, 0.4) is 0 Å². The fourth-order valence-electron chi connectivity index (χ4n) is 2.62. The first kappa shape index (κ1) is 15.2. The first-order valence-corrected chi connectivity index (χ1v) is 6.53. The molecule has 2 heterocycles. The number of amides is 2. The Labute approximate surface area is 114 Å². The van der Waals surface area contributed by atoms with Crippen LogP contribution in [0.25, 0.3) is 0 Å². The van der Waals surface area contributed by atoms with Crippen LogP contribution < -0.4 is 10.6 Å². The van der Waals surface area contributed by atoms with Crippen LogP contribution in [0.15, 0.2) is 0 Å². The molecule has 0 spiro atoms. The minimum Gasteiger partial charge on any atom is -0.344 e. The second kappa shape index (κ2) is 6.95. The van der Waals surface area contributed by atoms with E-state index in [9.17, 15) is 9.59 Å².